The average molecular weight is 427 g/mol. The molecule has 2 heterocycles. The summed E-state index contributed by atoms with van der Waals surface area (Å²) in [4.78, 5) is 40.1. The second-order valence-electron chi connectivity index (χ2n) is 5.18. The minimum atomic E-state index is -1.54. The van der Waals surface area contributed by atoms with Gasteiger partial charge in [0.15, 0.2) is 0 Å². The molecule has 0 aliphatic carbocycles. The number of hydrogen-bond donors (Lipinski definition) is 1. The number of carbonyl (C=O) groups excluding carboxylic acids is 2. The van der Waals surface area contributed by atoms with Gasteiger partial charge in [-0.2, -0.15) is 0 Å². The minimum Gasteiger partial charge on any atom is -0.465 e. The van der Waals surface area contributed by atoms with E-state index < -0.39 is 28.9 Å². The van der Waals surface area contributed by atoms with Crippen LogP contribution in [0.3, 0.4) is 0 Å². The third-order valence-corrected chi connectivity index (χ3v) is 3.24. The molecule has 0 aromatic carbocycles. The van der Waals surface area contributed by atoms with Gasteiger partial charge in [0, 0.05) is 17.3 Å². The number of nitrogens with zero attached hydrogens (tertiary/aromatic N) is 3. The first-order chi connectivity index (χ1) is 13.4. The number of rotatable bonds is 7. The van der Waals surface area contributed by atoms with E-state index in [0.29, 0.717) is 12.3 Å². The van der Waals surface area contributed by atoms with Crippen LogP contribution in [0.25, 0.3) is 0 Å². The highest BCUT2D eigenvalue weighted by Gasteiger charge is 2.34. The lowest BCUT2D eigenvalue weighted by Crippen LogP contribution is -2.24. The van der Waals surface area contributed by atoms with Crippen molar-refractivity contribution in [3.63, 3.8) is 0 Å². The Kier molecular flexibility index (Phi) is 12.5. The Labute approximate surface area is 174 Å². The number of nitrogens with two attached hydrogens (primary N) is 1. The number of nitro groups is 1. The van der Waals surface area contributed by atoms with E-state index in [2.05, 4.69) is 14.7 Å². The fourth-order valence-corrected chi connectivity index (χ4v) is 1.99. The molecule has 2 atom stereocenters. The van der Waals surface area contributed by atoms with Crippen LogP contribution in [-0.4, -0.2) is 40.0 Å². The van der Waals surface area contributed by atoms with Crippen LogP contribution >= 0.6 is 12.4 Å². The Morgan fingerprint density at radius 3 is 1.90 bits per heavy atom. The van der Waals surface area contributed by atoms with E-state index in [1.54, 1.807) is 50.4 Å². The van der Waals surface area contributed by atoms with Crippen molar-refractivity contribution >= 4 is 24.3 Å². The molecule has 29 heavy (non-hydrogen) atoms. The van der Waals surface area contributed by atoms with E-state index in [4.69, 9.17) is 10.5 Å². The van der Waals surface area contributed by atoms with Crippen molar-refractivity contribution in [2.45, 2.75) is 25.9 Å². The Hall–Kier alpha value is -3.11. The van der Waals surface area contributed by atoms with Gasteiger partial charge in [-0.3, -0.25) is 20.1 Å². The molecule has 2 aromatic rings. The summed E-state index contributed by atoms with van der Waals surface area (Å²) in [5.74, 6) is -1.33. The Bertz CT molecular complexity index is 763. The van der Waals surface area contributed by atoms with Crippen LogP contribution < -0.4 is 5.73 Å². The standard InChI is InChI=1S/C9H10N2O4.C9H12N2O2.ClH/c1-2-15-9(12)8(11(13)14)7-5-3-4-6-10-7;1-2-13-9(12)8(10)7-5-3-4-6-11-7;/h3-6,8H,2H2,1H3;3-6,8H,2,10H2,1H3;1H. The molecule has 0 saturated heterocycles. The zero-order valence-corrected chi connectivity index (χ0v) is 16.8. The molecule has 2 rings (SSSR count). The molecule has 2 unspecified atom stereocenters. The number of carbonyl (C=O) groups is 2. The molecule has 0 saturated carbocycles. The first kappa shape index (κ1) is 25.9. The third kappa shape index (κ3) is 8.62. The predicted molar refractivity (Wildman–Crippen MR) is 106 cm³/mol. The normalized spacial score (nSPS) is 11.6. The van der Waals surface area contributed by atoms with Gasteiger partial charge in [-0.25, -0.2) is 9.59 Å². The third-order valence-electron chi connectivity index (χ3n) is 3.24. The molecule has 0 aliphatic heterocycles. The molecule has 0 bridgehead atoms. The van der Waals surface area contributed by atoms with Crippen LogP contribution in [0.1, 0.15) is 37.3 Å². The van der Waals surface area contributed by atoms with Crippen molar-refractivity contribution in [3.05, 3.63) is 70.3 Å². The number of aromatic nitrogens is 2. The van der Waals surface area contributed by atoms with Crippen LogP contribution in [0, 0.1) is 10.1 Å². The van der Waals surface area contributed by atoms with E-state index in [1.165, 1.54) is 12.3 Å². The number of hydrogen-bond acceptors (Lipinski definition) is 9. The molecule has 2 N–H and O–H groups in total. The van der Waals surface area contributed by atoms with E-state index in [9.17, 15) is 19.7 Å². The number of pyridine rings is 2. The second kappa shape index (κ2) is 14.0. The SMILES string of the molecule is CCOC(=O)C(N)c1ccccn1.CCOC(=O)C(c1ccccn1)[N+](=O)[O-].Cl. The van der Waals surface area contributed by atoms with Gasteiger partial charge in [0.2, 0.25) is 0 Å². The average Bonchev–Trinajstić information content (AvgIpc) is 2.69. The maximum atomic E-state index is 11.3. The summed E-state index contributed by atoms with van der Waals surface area (Å²) in [6, 6.07) is 7.55. The van der Waals surface area contributed by atoms with Crippen molar-refractivity contribution in [3.8, 4) is 0 Å². The van der Waals surface area contributed by atoms with Gasteiger partial charge in [-0.1, -0.05) is 12.1 Å². The second-order valence-corrected chi connectivity index (χ2v) is 5.18. The smallest absolute Gasteiger partial charge is 0.388 e. The quantitative estimate of drug-likeness (QED) is 0.398. The van der Waals surface area contributed by atoms with Gasteiger partial charge in [0.1, 0.15) is 11.7 Å². The Morgan fingerprint density at radius 1 is 1.00 bits per heavy atom. The zero-order chi connectivity index (χ0) is 20.9. The summed E-state index contributed by atoms with van der Waals surface area (Å²) in [6.07, 6.45) is 2.99. The van der Waals surface area contributed by atoms with E-state index >= 15 is 0 Å². The summed E-state index contributed by atoms with van der Waals surface area (Å²) >= 11 is 0. The highest BCUT2D eigenvalue weighted by molar-refractivity contribution is 5.85. The van der Waals surface area contributed by atoms with Gasteiger partial charge < -0.3 is 15.2 Å². The lowest BCUT2D eigenvalue weighted by atomic mass is 10.2. The molecule has 0 fully saturated rings. The molecule has 158 valence electrons. The molecule has 10 nitrogen and oxygen atoms in total. The van der Waals surface area contributed by atoms with E-state index in [-0.39, 0.29) is 24.7 Å². The van der Waals surface area contributed by atoms with Gasteiger partial charge in [0.05, 0.1) is 18.9 Å². The van der Waals surface area contributed by atoms with Crippen LogP contribution in [0.15, 0.2) is 48.8 Å². The van der Waals surface area contributed by atoms with E-state index in [0.717, 1.165) is 0 Å². The molecule has 0 radical (unpaired) electrons. The van der Waals surface area contributed by atoms with Gasteiger partial charge >= 0.3 is 18.0 Å². The monoisotopic (exact) mass is 426 g/mol. The first-order valence-electron chi connectivity index (χ1n) is 8.46. The molecule has 11 heteroatoms. The lowest BCUT2D eigenvalue weighted by molar-refractivity contribution is -0.517. The number of ether oxygens (including phenoxy) is 2. The predicted octanol–water partition coefficient (Wildman–Crippen LogP) is 2.03. The van der Waals surface area contributed by atoms with Crippen LogP contribution in [0.4, 0.5) is 0 Å². The lowest BCUT2D eigenvalue weighted by Gasteiger charge is -2.08. The van der Waals surface area contributed by atoms with Gasteiger partial charge in [0.25, 0.3) is 0 Å². The fraction of sp³-hybridized carbons (Fsp3) is 0.333. The zero-order valence-electron chi connectivity index (χ0n) is 16.0. The highest BCUT2D eigenvalue weighted by Crippen LogP contribution is 2.15. The maximum Gasteiger partial charge on any atom is 0.388 e. The van der Waals surface area contributed by atoms with Crippen molar-refractivity contribution in [2.75, 3.05) is 13.2 Å². The van der Waals surface area contributed by atoms with Crippen LogP contribution in [0.5, 0.6) is 0 Å². The van der Waals surface area contributed by atoms with Crippen LogP contribution in [-0.2, 0) is 19.1 Å². The van der Waals surface area contributed by atoms with Crippen molar-refractivity contribution in [1.29, 1.82) is 0 Å². The molecular weight excluding hydrogens is 404 g/mol. The summed E-state index contributed by atoms with van der Waals surface area (Å²) in [5.41, 5.74) is 6.20. The summed E-state index contributed by atoms with van der Waals surface area (Å²) < 4.78 is 9.35. The molecule has 2 aromatic heterocycles. The molecule has 0 aliphatic rings. The summed E-state index contributed by atoms with van der Waals surface area (Å²) in [7, 11) is 0. The largest absolute Gasteiger partial charge is 0.465 e. The molecular formula is C18H23ClN4O6. The minimum absolute atomic E-state index is 0. The Balaban J connectivity index is 0.000000527. The molecule has 0 amide bonds. The highest BCUT2D eigenvalue weighted by atomic mass is 35.5. The summed E-state index contributed by atoms with van der Waals surface area (Å²) in [6.45, 7) is 3.77. The van der Waals surface area contributed by atoms with Crippen LogP contribution in [0.2, 0.25) is 0 Å². The van der Waals surface area contributed by atoms with Gasteiger partial charge in [-0.15, -0.1) is 12.4 Å². The van der Waals surface area contributed by atoms with E-state index in [1.807, 2.05) is 0 Å². The topological polar surface area (TPSA) is 148 Å². The Morgan fingerprint density at radius 2 is 1.48 bits per heavy atom. The first-order valence-corrected chi connectivity index (χ1v) is 8.46. The van der Waals surface area contributed by atoms with Gasteiger partial charge in [-0.05, 0) is 38.1 Å². The molecule has 0 spiro atoms. The van der Waals surface area contributed by atoms with Crippen molar-refractivity contribution < 1.29 is 24.0 Å². The fourth-order valence-electron chi connectivity index (χ4n) is 1.99. The van der Waals surface area contributed by atoms with Crippen molar-refractivity contribution in [2.24, 2.45) is 5.73 Å². The number of halogens is 1. The summed E-state index contributed by atoms with van der Waals surface area (Å²) in [5, 5.41) is 10.7. The van der Waals surface area contributed by atoms with Crippen molar-refractivity contribution in [1.82, 2.24) is 9.97 Å². The maximum absolute atomic E-state index is 11.3. The number of esters is 2.